The van der Waals surface area contributed by atoms with E-state index in [0.717, 1.165) is 18.9 Å². The Morgan fingerprint density at radius 1 is 1.21 bits per heavy atom. The van der Waals surface area contributed by atoms with E-state index >= 15 is 0 Å². The van der Waals surface area contributed by atoms with E-state index in [4.69, 9.17) is 10.00 Å². The summed E-state index contributed by atoms with van der Waals surface area (Å²) >= 11 is 0. The van der Waals surface area contributed by atoms with Crippen molar-refractivity contribution in [1.82, 2.24) is 4.98 Å². The Morgan fingerprint density at radius 2 is 1.96 bits per heavy atom. The summed E-state index contributed by atoms with van der Waals surface area (Å²) in [5, 5.41) is 11.5. The molecule has 3 rings (SSSR count). The Morgan fingerprint density at radius 3 is 2.58 bits per heavy atom. The molecule has 1 aliphatic heterocycles. The van der Waals surface area contributed by atoms with Gasteiger partial charge in [0.2, 0.25) is 0 Å². The monoisotopic (exact) mass is 322 g/mol. The molecule has 0 radical (unpaired) electrons. The number of ether oxygens (including phenoxy) is 1. The minimum absolute atomic E-state index is 0.0974. The Labute approximate surface area is 140 Å². The van der Waals surface area contributed by atoms with Gasteiger partial charge in [-0.3, -0.25) is 4.79 Å². The van der Waals surface area contributed by atoms with Crippen molar-refractivity contribution in [3.8, 4) is 11.8 Å². The summed E-state index contributed by atoms with van der Waals surface area (Å²) in [5.41, 5.74) is 1.20. The summed E-state index contributed by atoms with van der Waals surface area (Å²) in [6, 6.07) is 12.4. The molecule has 1 amide bonds. The summed E-state index contributed by atoms with van der Waals surface area (Å²) < 4.78 is 5.39. The number of benzene rings is 1. The largest absolute Gasteiger partial charge is 0.484 e. The third-order valence-electron chi connectivity index (χ3n) is 3.82. The van der Waals surface area contributed by atoms with E-state index in [1.807, 2.05) is 18.2 Å². The zero-order valence-electron chi connectivity index (χ0n) is 13.2. The number of hydrogen-bond donors (Lipinski definition) is 1. The average molecular weight is 322 g/mol. The molecule has 2 aromatic rings. The van der Waals surface area contributed by atoms with Gasteiger partial charge in [-0.2, -0.15) is 5.26 Å². The molecule has 0 bridgehead atoms. The van der Waals surface area contributed by atoms with E-state index < -0.39 is 0 Å². The second-order valence-corrected chi connectivity index (χ2v) is 5.57. The van der Waals surface area contributed by atoms with E-state index in [2.05, 4.69) is 15.2 Å². The lowest BCUT2D eigenvalue weighted by Gasteiger charge is -2.16. The maximum absolute atomic E-state index is 11.9. The third kappa shape index (κ3) is 4.02. The highest BCUT2D eigenvalue weighted by atomic mass is 16.5. The van der Waals surface area contributed by atoms with Gasteiger partial charge < -0.3 is 15.0 Å². The van der Waals surface area contributed by atoms with Gasteiger partial charge >= 0.3 is 0 Å². The molecule has 1 aliphatic rings. The summed E-state index contributed by atoms with van der Waals surface area (Å²) in [5.74, 6) is 1.24. The van der Waals surface area contributed by atoms with Gasteiger partial charge in [-0.05, 0) is 49.2 Å². The maximum atomic E-state index is 11.9. The highest BCUT2D eigenvalue weighted by molar-refractivity contribution is 5.91. The quantitative estimate of drug-likeness (QED) is 0.915. The summed E-state index contributed by atoms with van der Waals surface area (Å²) in [7, 11) is 0. The predicted molar refractivity (Wildman–Crippen MR) is 91.0 cm³/mol. The van der Waals surface area contributed by atoms with Gasteiger partial charge in [-0.1, -0.05) is 0 Å². The van der Waals surface area contributed by atoms with E-state index in [9.17, 15) is 4.79 Å². The number of anilines is 2. The molecule has 0 saturated carbocycles. The van der Waals surface area contributed by atoms with Crippen molar-refractivity contribution in [3.63, 3.8) is 0 Å². The fraction of sp³-hybridized carbons (Fsp3) is 0.278. The Hall–Kier alpha value is -3.07. The van der Waals surface area contributed by atoms with E-state index in [-0.39, 0.29) is 12.5 Å². The van der Waals surface area contributed by atoms with Gasteiger partial charge in [0, 0.05) is 13.1 Å². The first-order valence-corrected chi connectivity index (χ1v) is 7.88. The number of nitrogens with one attached hydrogen (secondary N) is 1. The lowest BCUT2D eigenvalue weighted by atomic mass is 10.2. The molecule has 1 N–H and O–H groups in total. The number of nitrogens with zero attached hydrogens (tertiary/aromatic N) is 3. The van der Waals surface area contributed by atoms with Crippen LogP contribution in [0.3, 0.4) is 0 Å². The van der Waals surface area contributed by atoms with E-state index in [1.165, 1.54) is 12.8 Å². The van der Waals surface area contributed by atoms with Gasteiger partial charge in [-0.15, -0.1) is 0 Å². The van der Waals surface area contributed by atoms with Gasteiger partial charge in [-0.25, -0.2) is 4.98 Å². The van der Waals surface area contributed by atoms with Crippen molar-refractivity contribution in [3.05, 3.63) is 48.2 Å². The SMILES string of the molecule is N#Cc1ccc(OCC(=O)Nc2ccc(N3CCCC3)nc2)cc1. The van der Waals surface area contributed by atoms with Crippen molar-refractivity contribution < 1.29 is 9.53 Å². The van der Waals surface area contributed by atoms with Gasteiger partial charge in [0.1, 0.15) is 11.6 Å². The van der Waals surface area contributed by atoms with Crippen LogP contribution < -0.4 is 15.0 Å². The smallest absolute Gasteiger partial charge is 0.262 e. The van der Waals surface area contributed by atoms with Crippen LogP contribution >= 0.6 is 0 Å². The molecule has 24 heavy (non-hydrogen) atoms. The van der Waals surface area contributed by atoms with Crippen molar-refractivity contribution in [2.45, 2.75) is 12.8 Å². The molecule has 1 saturated heterocycles. The molecule has 6 nitrogen and oxygen atoms in total. The zero-order chi connectivity index (χ0) is 16.8. The molecule has 0 unspecified atom stereocenters. The van der Waals surface area contributed by atoms with Crippen LogP contribution in [0, 0.1) is 11.3 Å². The number of hydrogen-bond acceptors (Lipinski definition) is 5. The summed E-state index contributed by atoms with van der Waals surface area (Å²) in [6.45, 7) is 1.98. The fourth-order valence-electron chi connectivity index (χ4n) is 2.56. The Kier molecular flexibility index (Phi) is 4.92. The van der Waals surface area contributed by atoms with Crippen LogP contribution in [-0.2, 0) is 4.79 Å². The normalized spacial score (nSPS) is 13.4. The number of nitriles is 1. The first-order valence-electron chi connectivity index (χ1n) is 7.88. The predicted octanol–water partition coefficient (Wildman–Crippen LogP) is 2.57. The number of aromatic nitrogens is 1. The molecule has 6 heteroatoms. The van der Waals surface area contributed by atoms with E-state index in [1.54, 1.807) is 30.5 Å². The molecule has 2 heterocycles. The first kappa shape index (κ1) is 15.8. The minimum Gasteiger partial charge on any atom is -0.484 e. The zero-order valence-corrected chi connectivity index (χ0v) is 13.2. The minimum atomic E-state index is -0.255. The first-order chi connectivity index (χ1) is 11.7. The van der Waals surface area contributed by atoms with Crippen LogP contribution in [-0.4, -0.2) is 30.6 Å². The van der Waals surface area contributed by atoms with Crippen molar-refractivity contribution >= 4 is 17.4 Å². The average Bonchev–Trinajstić information content (AvgIpc) is 3.16. The fourth-order valence-corrected chi connectivity index (χ4v) is 2.56. The molecule has 0 aliphatic carbocycles. The van der Waals surface area contributed by atoms with Crippen LogP contribution in [0.4, 0.5) is 11.5 Å². The second-order valence-electron chi connectivity index (χ2n) is 5.57. The van der Waals surface area contributed by atoms with Crippen LogP contribution in [0.5, 0.6) is 5.75 Å². The summed E-state index contributed by atoms with van der Waals surface area (Å²) in [4.78, 5) is 18.6. The number of carbonyl (C=O) groups excluding carboxylic acids is 1. The lowest BCUT2D eigenvalue weighted by Crippen LogP contribution is -2.21. The number of amides is 1. The van der Waals surface area contributed by atoms with E-state index in [0.29, 0.717) is 17.0 Å². The topological polar surface area (TPSA) is 78.2 Å². The molecule has 1 fully saturated rings. The lowest BCUT2D eigenvalue weighted by molar-refractivity contribution is -0.118. The molecule has 1 aromatic heterocycles. The Bertz CT molecular complexity index is 729. The second kappa shape index (κ2) is 7.47. The molecule has 0 atom stereocenters. The van der Waals surface area contributed by atoms with Crippen molar-refractivity contribution in [2.24, 2.45) is 0 Å². The van der Waals surface area contributed by atoms with Gasteiger partial charge in [0.15, 0.2) is 6.61 Å². The van der Waals surface area contributed by atoms with Crippen molar-refractivity contribution in [2.75, 3.05) is 29.9 Å². The summed E-state index contributed by atoms with van der Waals surface area (Å²) in [6.07, 6.45) is 4.06. The standard InChI is InChI=1S/C18H18N4O2/c19-11-14-3-6-16(7-4-14)24-13-18(23)21-15-5-8-17(20-12-15)22-9-1-2-10-22/h3-8,12H,1-2,9-10,13H2,(H,21,23). The van der Waals surface area contributed by atoms with Crippen LogP contribution in [0.15, 0.2) is 42.6 Å². The van der Waals surface area contributed by atoms with Crippen LogP contribution in [0.2, 0.25) is 0 Å². The number of carbonyl (C=O) groups is 1. The maximum Gasteiger partial charge on any atom is 0.262 e. The van der Waals surface area contributed by atoms with Crippen molar-refractivity contribution in [1.29, 1.82) is 5.26 Å². The molecular weight excluding hydrogens is 304 g/mol. The van der Waals surface area contributed by atoms with Gasteiger partial charge in [0.25, 0.3) is 5.91 Å². The van der Waals surface area contributed by atoms with Gasteiger partial charge in [0.05, 0.1) is 23.5 Å². The Balaban J connectivity index is 1.49. The molecular formula is C18H18N4O2. The highest BCUT2D eigenvalue weighted by Gasteiger charge is 2.13. The third-order valence-corrected chi connectivity index (χ3v) is 3.82. The number of rotatable bonds is 5. The molecule has 122 valence electrons. The van der Waals surface area contributed by atoms with Crippen LogP contribution in [0.1, 0.15) is 18.4 Å². The van der Waals surface area contributed by atoms with Crippen LogP contribution in [0.25, 0.3) is 0 Å². The molecule has 1 aromatic carbocycles. The molecule has 0 spiro atoms. The highest BCUT2D eigenvalue weighted by Crippen LogP contribution is 2.19. The number of pyridine rings is 1.